The molecule has 4 atom stereocenters. The monoisotopic (exact) mass is 362 g/mol. The summed E-state index contributed by atoms with van der Waals surface area (Å²) in [7, 11) is 0. The van der Waals surface area contributed by atoms with Gasteiger partial charge in [0.1, 0.15) is 0 Å². The molecule has 2 saturated heterocycles. The summed E-state index contributed by atoms with van der Waals surface area (Å²) in [6.45, 7) is 8.28. The molecular weight excluding hydrogens is 331 g/mol. The number of halogens is 2. The molecule has 0 saturated carbocycles. The third-order valence-corrected chi connectivity index (χ3v) is 3.47. The van der Waals surface area contributed by atoms with Gasteiger partial charge in [0.15, 0.2) is 0 Å². The van der Waals surface area contributed by atoms with Crippen LogP contribution in [-0.4, -0.2) is 63.9 Å². The molecule has 0 radical (unpaired) electrons. The summed E-state index contributed by atoms with van der Waals surface area (Å²) >= 11 is 0. The molecule has 2 fully saturated rings. The Balaban J connectivity index is 0. The molecule has 2 heterocycles. The van der Waals surface area contributed by atoms with Crippen LogP contribution in [0, 0.1) is 0 Å². The van der Waals surface area contributed by atoms with Crippen LogP contribution in [0.25, 0.3) is 0 Å². The Hall–Kier alpha value is 0.340. The van der Waals surface area contributed by atoms with Crippen LogP contribution in [0.1, 0.15) is 26.7 Å². The Morgan fingerprint density at radius 1 is 0.818 bits per heavy atom. The molecule has 2 aliphatic heterocycles. The lowest BCUT2D eigenvalue weighted by atomic mass is 10.1. The number of nitrogens with two attached hydrogens (primary N) is 2. The Morgan fingerprint density at radius 2 is 1.18 bits per heavy atom. The molecule has 8 heteroatoms. The first-order valence-corrected chi connectivity index (χ1v) is 7.58. The van der Waals surface area contributed by atoms with E-state index in [1.165, 1.54) is 0 Å². The van der Waals surface area contributed by atoms with Gasteiger partial charge in [-0.05, 0) is 26.7 Å². The normalized spacial score (nSPS) is 31.1. The molecule has 0 aromatic heterocycles. The van der Waals surface area contributed by atoms with Crippen LogP contribution in [0.2, 0.25) is 0 Å². The first kappa shape index (κ1) is 24.6. The lowest BCUT2D eigenvalue weighted by Crippen LogP contribution is -2.44. The van der Waals surface area contributed by atoms with Crippen molar-refractivity contribution < 1.29 is 18.9 Å². The number of ether oxygens (including phenoxy) is 4. The van der Waals surface area contributed by atoms with Crippen LogP contribution in [-0.2, 0) is 18.9 Å². The number of rotatable bonds is 4. The maximum absolute atomic E-state index is 5.76. The molecule has 0 amide bonds. The zero-order valence-electron chi connectivity index (χ0n) is 13.6. The van der Waals surface area contributed by atoms with E-state index in [9.17, 15) is 0 Å². The van der Waals surface area contributed by atoms with E-state index in [2.05, 4.69) is 0 Å². The minimum atomic E-state index is 0. The second-order valence-corrected chi connectivity index (χ2v) is 5.04. The molecule has 136 valence electrons. The molecule has 0 unspecified atom stereocenters. The Bertz CT molecular complexity index is 225. The molecule has 6 nitrogen and oxygen atoms in total. The fraction of sp³-hybridized carbons (Fsp3) is 1.00. The molecule has 22 heavy (non-hydrogen) atoms. The zero-order valence-corrected chi connectivity index (χ0v) is 15.2. The lowest BCUT2D eigenvalue weighted by molar-refractivity contribution is -0.0571. The predicted molar refractivity (Wildman–Crippen MR) is 92.1 cm³/mol. The summed E-state index contributed by atoms with van der Waals surface area (Å²) in [6.07, 6.45) is 2.09. The largest absolute Gasteiger partial charge is 0.379 e. The van der Waals surface area contributed by atoms with E-state index in [0.29, 0.717) is 13.2 Å². The van der Waals surface area contributed by atoms with Crippen molar-refractivity contribution in [2.45, 2.75) is 51.0 Å². The second kappa shape index (κ2) is 14.9. The minimum Gasteiger partial charge on any atom is -0.379 e. The summed E-state index contributed by atoms with van der Waals surface area (Å²) in [5, 5.41) is 0. The highest BCUT2D eigenvalue weighted by Crippen LogP contribution is 2.09. The van der Waals surface area contributed by atoms with Crippen molar-refractivity contribution in [2.24, 2.45) is 11.5 Å². The molecule has 0 spiro atoms. The van der Waals surface area contributed by atoms with Gasteiger partial charge in [0.25, 0.3) is 0 Å². The van der Waals surface area contributed by atoms with Gasteiger partial charge in [-0.1, -0.05) is 0 Å². The third kappa shape index (κ3) is 9.47. The predicted octanol–water partition coefficient (Wildman–Crippen LogP) is 1.12. The van der Waals surface area contributed by atoms with Gasteiger partial charge in [-0.25, -0.2) is 0 Å². The van der Waals surface area contributed by atoms with Crippen LogP contribution in [0.5, 0.6) is 0 Å². The molecule has 0 aromatic carbocycles. The zero-order chi connectivity index (χ0) is 14.8. The van der Waals surface area contributed by atoms with Gasteiger partial charge in [0.05, 0.1) is 25.4 Å². The van der Waals surface area contributed by atoms with Crippen molar-refractivity contribution in [3.05, 3.63) is 0 Å². The van der Waals surface area contributed by atoms with Crippen LogP contribution in [0.4, 0.5) is 0 Å². The fourth-order valence-electron chi connectivity index (χ4n) is 2.23. The number of hydrogen-bond acceptors (Lipinski definition) is 6. The summed E-state index contributed by atoms with van der Waals surface area (Å²) in [5.74, 6) is 0. The molecule has 4 N–H and O–H groups in total. The highest BCUT2D eigenvalue weighted by Gasteiger charge is 2.22. The van der Waals surface area contributed by atoms with Gasteiger partial charge in [0, 0.05) is 38.5 Å². The van der Waals surface area contributed by atoms with Crippen LogP contribution in [0.15, 0.2) is 0 Å². The summed E-state index contributed by atoms with van der Waals surface area (Å²) in [4.78, 5) is 0. The van der Waals surface area contributed by atoms with Gasteiger partial charge in [-0.2, -0.15) is 0 Å². The SMILES string of the molecule is CCO[C@@H]1COCC[C@@H]1N.CCO[C@H]1COCC[C@H]1N.Cl.Cl. The van der Waals surface area contributed by atoms with E-state index in [4.69, 9.17) is 30.4 Å². The van der Waals surface area contributed by atoms with Gasteiger partial charge in [0.2, 0.25) is 0 Å². The highest BCUT2D eigenvalue weighted by atomic mass is 35.5. The topological polar surface area (TPSA) is 89.0 Å². The highest BCUT2D eigenvalue weighted by molar-refractivity contribution is 5.85. The average molecular weight is 363 g/mol. The van der Waals surface area contributed by atoms with Crippen molar-refractivity contribution in [3.63, 3.8) is 0 Å². The first-order chi connectivity index (χ1) is 9.69. The molecule has 0 aromatic rings. The van der Waals surface area contributed by atoms with Crippen LogP contribution in [0.3, 0.4) is 0 Å². The third-order valence-electron chi connectivity index (χ3n) is 3.47. The van der Waals surface area contributed by atoms with E-state index in [1.54, 1.807) is 0 Å². The van der Waals surface area contributed by atoms with Gasteiger partial charge in [-0.15, -0.1) is 24.8 Å². The van der Waals surface area contributed by atoms with Crippen molar-refractivity contribution in [1.29, 1.82) is 0 Å². The Kier molecular flexibility index (Phi) is 16.7. The molecule has 2 rings (SSSR count). The van der Waals surface area contributed by atoms with E-state index < -0.39 is 0 Å². The summed E-state index contributed by atoms with van der Waals surface area (Å²) in [6, 6.07) is 0.349. The van der Waals surface area contributed by atoms with E-state index >= 15 is 0 Å². The molecule has 0 aliphatic carbocycles. The van der Waals surface area contributed by atoms with Crippen LogP contribution >= 0.6 is 24.8 Å². The van der Waals surface area contributed by atoms with Crippen molar-refractivity contribution in [2.75, 3.05) is 39.6 Å². The van der Waals surface area contributed by atoms with E-state index in [1.807, 2.05) is 13.8 Å². The molecular formula is C14H32Cl2N2O4. The van der Waals surface area contributed by atoms with E-state index in [0.717, 1.165) is 39.3 Å². The average Bonchev–Trinajstić information content (AvgIpc) is 2.45. The summed E-state index contributed by atoms with van der Waals surface area (Å²) in [5.41, 5.74) is 11.5. The fourth-order valence-corrected chi connectivity index (χ4v) is 2.23. The Morgan fingerprint density at radius 3 is 1.45 bits per heavy atom. The summed E-state index contributed by atoms with van der Waals surface area (Å²) < 4.78 is 21.1. The second-order valence-electron chi connectivity index (χ2n) is 5.04. The van der Waals surface area contributed by atoms with Gasteiger partial charge >= 0.3 is 0 Å². The lowest BCUT2D eigenvalue weighted by Gasteiger charge is -2.28. The maximum atomic E-state index is 5.76. The van der Waals surface area contributed by atoms with E-state index in [-0.39, 0.29) is 49.1 Å². The van der Waals surface area contributed by atoms with Crippen molar-refractivity contribution in [1.82, 2.24) is 0 Å². The minimum absolute atomic E-state index is 0. The quantitative estimate of drug-likeness (QED) is 0.778. The van der Waals surface area contributed by atoms with Crippen LogP contribution < -0.4 is 11.5 Å². The maximum Gasteiger partial charge on any atom is 0.0959 e. The van der Waals surface area contributed by atoms with Gasteiger partial charge < -0.3 is 30.4 Å². The van der Waals surface area contributed by atoms with Gasteiger partial charge in [-0.3, -0.25) is 0 Å². The van der Waals surface area contributed by atoms with Crippen molar-refractivity contribution >= 4 is 24.8 Å². The Labute approximate surface area is 146 Å². The first-order valence-electron chi connectivity index (χ1n) is 7.58. The molecule has 2 aliphatic rings. The number of hydrogen-bond donors (Lipinski definition) is 2. The smallest absolute Gasteiger partial charge is 0.0959 e. The standard InChI is InChI=1S/2C7H15NO2.2ClH/c2*1-2-10-7-5-9-4-3-6(7)8;;/h2*6-7H,2-5,8H2,1H3;2*1H/t2*6-,7+;;/m10../s1. The van der Waals surface area contributed by atoms with Crippen molar-refractivity contribution in [3.8, 4) is 0 Å². The molecule has 0 bridgehead atoms.